The Morgan fingerprint density at radius 3 is 2.67 bits per heavy atom. The molecule has 3 aromatic carbocycles. The van der Waals surface area contributed by atoms with Crippen molar-refractivity contribution in [2.24, 2.45) is 10.9 Å². The SMILES string of the molecule is C=C(C1CCN(C(=O)c2ccc3c(c2)=CCCN=3)CC1)N(Cc1cccc(F)c1)c1ccccc1C. The predicted molar refractivity (Wildman–Crippen MR) is 143 cm³/mol. The van der Waals surface area contributed by atoms with E-state index in [4.69, 9.17) is 0 Å². The van der Waals surface area contributed by atoms with Crippen molar-refractivity contribution in [1.82, 2.24) is 4.90 Å². The van der Waals surface area contributed by atoms with E-state index >= 15 is 0 Å². The molecule has 2 heterocycles. The van der Waals surface area contributed by atoms with Crippen molar-refractivity contribution < 1.29 is 9.18 Å². The fraction of sp³-hybridized carbons (Fsp3) is 0.290. The number of nitrogens with zero attached hydrogens (tertiary/aromatic N) is 3. The number of carbonyl (C=O) groups is 1. The number of hydrogen-bond acceptors (Lipinski definition) is 3. The summed E-state index contributed by atoms with van der Waals surface area (Å²) in [6.45, 7) is 9.34. The molecule has 36 heavy (non-hydrogen) atoms. The van der Waals surface area contributed by atoms with Gasteiger partial charge in [-0.05, 0) is 78.9 Å². The highest BCUT2D eigenvalue weighted by Crippen LogP contribution is 2.33. The minimum Gasteiger partial charge on any atom is -0.341 e. The van der Waals surface area contributed by atoms with Crippen molar-refractivity contribution in [3.8, 4) is 0 Å². The Morgan fingerprint density at radius 1 is 1.08 bits per heavy atom. The largest absolute Gasteiger partial charge is 0.341 e. The molecule has 2 aliphatic heterocycles. The van der Waals surface area contributed by atoms with Crippen molar-refractivity contribution in [2.75, 3.05) is 24.5 Å². The molecular formula is C31H32FN3O. The van der Waals surface area contributed by atoms with Crippen LogP contribution in [0.15, 0.2) is 84.0 Å². The van der Waals surface area contributed by atoms with E-state index in [1.54, 1.807) is 12.1 Å². The van der Waals surface area contributed by atoms with E-state index in [-0.39, 0.29) is 17.6 Å². The molecule has 0 saturated carbocycles. The van der Waals surface area contributed by atoms with Crippen molar-refractivity contribution in [3.63, 3.8) is 0 Å². The predicted octanol–water partition coefficient (Wildman–Crippen LogP) is 5.01. The Hall–Kier alpha value is -3.73. The van der Waals surface area contributed by atoms with Crippen LogP contribution in [0.2, 0.25) is 0 Å². The summed E-state index contributed by atoms with van der Waals surface area (Å²) in [5, 5.41) is 2.03. The summed E-state index contributed by atoms with van der Waals surface area (Å²) in [5.41, 5.74) is 4.89. The molecule has 184 valence electrons. The van der Waals surface area contributed by atoms with Crippen LogP contribution in [0, 0.1) is 18.7 Å². The quantitative estimate of drug-likeness (QED) is 0.496. The summed E-state index contributed by atoms with van der Waals surface area (Å²) in [5.74, 6) is 0.0948. The summed E-state index contributed by atoms with van der Waals surface area (Å²) >= 11 is 0. The standard InChI is InChI=1S/C31H32FN3O/c1-22-7-3-4-11-30(22)35(21-24-8-5-10-28(32)19-24)23(2)25-14-17-34(18-15-25)31(36)27-12-13-29-26(20-27)9-6-16-33-29/h3-5,7-13,19-20,25H,2,6,14-18,21H2,1H3. The molecule has 0 aliphatic carbocycles. The van der Waals surface area contributed by atoms with E-state index < -0.39 is 0 Å². The Morgan fingerprint density at radius 2 is 1.89 bits per heavy atom. The van der Waals surface area contributed by atoms with E-state index in [2.05, 4.69) is 41.6 Å². The first-order chi connectivity index (χ1) is 17.5. The van der Waals surface area contributed by atoms with Crippen LogP contribution in [-0.2, 0) is 6.54 Å². The Kier molecular flexibility index (Phi) is 6.99. The minimum absolute atomic E-state index is 0.0800. The van der Waals surface area contributed by atoms with Gasteiger partial charge in [-0.15, -0.1) is 0 Å². The third-order valence-corrected chi connectivity index (χ3v) is 7.29. The number of benzene rings is 3. The Labute approximate surface area is 212 Å². The van der Waals surface area contributed by atoms with Crippen LogP contribution in [0.4, 0.5) is 10.1 Å². The molecule has 1 fully saturated rings. The van der Waals surface area contributed by atoms with Gasteiger partial charge >= 0.3 is 0 Å². The van der Waals surface area contributed by atoms with Crippen LogP contribution >= 0.6 is 0 Å². The van der Waals surface area contributed by atoms with Gasteiger partial charge < -0.3 is 9.80 Å². The van der Waals surface area contributed by atoms with E-state index in [1.807, 2.05) is 41.3 Å². The fourth-order valence-corrected chi connectivity index (χ4v) is 5.24. The Bertz CT molecular complexity index is 1410. The maximum atomic E-state index is 13.9. The van der Waals surface area contributed by atoms with Crippen LogP contribution < -0.4 is 15.5 Å². The van der Waals surface area contributed by atoms with Gasteiger partial charge in [0.25, 0.3) is 5.91 Å². The van der Waals surface area contributed by atoms with Crippen LogP contribution in [0.1, 0.15) is 40.7 Å². The lowest BCUT2D eigenvalue weighted by Crippen LogP contribution is -2.41. The third kappa shape index (κ3) is 5.11. The van der Waals surface area contributed by atoms with Crippen LogP contribution in [0.25, 0.3) is 6.08 Å². The number of hydrogen-bond donors (Lipinski definition) is 0. The number of halogens is 1. The molecule has 0 atom stereocenters. The zero-order valence-corrected chi connectivity index (χ0v) is 20.8. The average Bonchev–Trinajstić information content (AvgIpc) is 2.91. The number of likely N-dealkylation sites (tertiary alicyclic amines) is 1. The first-order valence-electron chi connectivity index (χ1n) is 12.7. The second-order valence-corrected chi connectivity index (χ2v) is 9.71. The summed E-state index contributed by atoms with van der Waals surface area (Å²) in [6, 6.07) is 20.8. The molecule has 4 nitrogen and oxygen atoms in total. The lowest BCUT2D eigenvalue weighted by atomic mass is 9.92. The molecule has 1 saturated heterocycles. The van der Waals surface area contributed by atoms with Gasteiger partial charge in [0.2, 0.25) is 0 Å². The fourth-order valence-electron chi connectivity index (χ4n) is 5.24. The number of fused-ring (bicyclic) bond motifs is 1. The van der Waals surface area contributed by atoms with Gasteiger partial charge in [0.1, 0.15) is 5.82 Å². The molecule has 0 radical (unpaired) electrons. The monoisotopic (exact) mass is 481 g/mol. The molecule has 0 bridgehead atoms. The van der Waals surface area contributed by atoms with Crippen LogP contribution in [0.5, 0.6) is 0 Å². The van der Waals surface area contributed by atoms with Gasteiger partial charge in [0, 0.05) is 49.0 Å². The molecule has 2 aliphatic rings. The molecule has 5 rings (SSSR count). The maximum Gasteiger partial charge on any atom is 0.253 e. The lowest BCUT2D eigenvalue weighted by Gasteiger charge is -2.38. The average molecular weight is 482 g/mol. The summed E-state index contributed by atoms with van der Waals surface area (Å²) in [7, 11) is 0. The summed E-state index contributed by atoms with van der Waals surface area (Å²) < 4.78 is 13.9. The van der Waals surface area contributed by atoms with Crippen molar-refractivity contribution >= 4 is 17.7 Å². The summed E-state index contributed by atoms with van der Waals surface area (Å²) in [6.07, 6.45) is 4.78. The topological polar surface area (TPSA) is 35.9 Å². The number of allylic oxidation sites excluding steroid dienone is 1. The summed E-state index contributed by atoms with van der Waals surface area (Å²) in [4.78, 5) is 21.9. The zero-order chi connectivity index (χ0) is 25.1. The molecule has 0 aromatic heterocycles. The third-order valence-electron chi connectivity index (χ3n) is 7.29. The first-order valence-corrected chi connectivity index (χ1v) is 12.7. The van der Waals surface area contributed by atoms with Gasteiger partial charge in [-0.25, -0.2) is 4.39 Å². The highest BCUT2D eigenvalue weighted by atomic mass is 19.1. The molecule has 3 aromatic rings. The number of aryl methyl sites for hydroxylation is 1. The van der Waals surface area contributed by atoms with Gasteiger partial charge in [0.05, 0.1) is 5.36 Å². The number of amides is 1. The molecule has 0 unspecified atom stereocenters. The number of piperidine rings is 1. The van der Waals surface area contributed by atoms with E-state index in [1.165, 1.54) is 6.07 Å². The van der Waals surface area contributed by atoms with Crippen LogP contribution in [-0.4, -0.2) is 30.4 Å². The van der Waals surface area contributed by atoms with E-state index in [0.717, 1.165) is 64.5 Å². The van der Waals surface area contributed by atoms with Crippen LogP contribution in [0.3, 0.4) is 0 Å². The number of carbonyl (C=O) groups excluding carboxylic acids is 1. The number of rotatable bonds is 6. The maximum absolute atomic E-state index is 13.9. The van der Waals surface area contributed by atoms with E-state index in [9.17, 15) is 9.18 Å². The van der Waals surface area contributed by atoms with Gasteiger partial charge in [0.15, 0.2) is 0 Å². The lowest BCUT2D eigenvalue weighted by molar-refractivity contribution is 0.0701. The number of anilines is 1. The molecule has 1 amide bonds. The number of para-hydroxylation sites is 1. The van der Waals surface area contributed by atoms with Crippen molar-refractivity contribution in [2.45, 2.75) is 32.7 Å². The van der Waals surface area contributed by atoms with Gasteiger partial charge in [-0.2, -0.15) is 0 Å². The smallest absolute Gasteiger partial charge is 0.253 e. The highest BCUT2D eigenvalue weighted by molar-refractivity contribution is 5.94. The second-order valence-electron chi connectivity index (χ2n) is 9.71. The second kappa shape index (κ2) is 10.5. The van der Waals surface area contributed by atoms with E-state index in [0.29, 0.717) is 19.6 Å². The zero-order valence-electron chi connectivity index (χ0n) is 20.8. The van der Waals surface area contributed by atoms with Crippen molar-refractivity contribution in [3.05, 3.63) is 112 Å². The first kappa shape index (κ1) is 24.0. The Balaban J connectivity index is 1.31. The molecule has 0 spiro atoms. The molecule has 5 heteroatoms. The minimum atomic E-state index is -0.233. The molecule has 0 N–H and O–H groups in total. The highest BCUT2D eigenvalue weighted by Gasteiger charge is 2.28. The van der Waals surface area contributed by atoms with Crippen molar-refractivity contribution in [1.29, 1.82) is 0 Å². The van der Waals surface area contributed by atoms with Gasteiger partial charge in [-0.3, -0.25) is 9.79 Å². The normalized spacial score (nSPS) is 15.4. The van der Waals surface area contributed by atoms with Gasteiger partial charge in [-0.1, -0.05) is 43.0 Å². The molecular weight excluding hydrogens is 449 g/mol.